The third-order valence-electron chi connectivity index (χ3n) is 2.13. The summed E-state index contributed by atoms with van der Waals surface area (Å²) >= 11 is 0. The standard InChI is InChI=1S/C8H7N5/c1-2-4-13-8-7(5-12(13)3-1)9-6-10-11-8/h1-6,8H/p+1. The first kappa shape index (κ1) is 6.59. The summed E-state index contributed by atoms with van der Waals surface area (Å²) < 4.78 is 1.98. The Bertz CT molecular complexity index is 387. The summed E-state index contributed by atoms with van der Waals surface area (Å²) in [4.78, 5) is 4.17. The molecule has 0 spiro atoms. The Balaban J connectivity index is 2.06. The largest absolute Gasteiger partial charge is 0.275 e. The summed E-state index contributed by atoms with van der Waals surface area (Å²) in [6, 6.07) is 0. The molecule has 1 unspecified atom stereocenters. The van der Waals surface area contributed by atoms with Gasteiger partial charge in [0.2, 0.25) is 12.4 Å². The Hall–Kier alpha value is -1.91. The molecular weight excluding hydrogens is 166 g/mol. The third kappa shape index (κ3) is 0.837. The number of rotatable bonds is 0. The van der Waals surface area contributed by atoms with Gasteiger partial charge in [-0.25, -0.2) is 4.99 Å². The number of hydrogen-bond acceptors (Lipinski definition) is 4. The monoisotopic (exact) mass is 174 g/mol. The molecule has 1 N–H and O–H groups in total. The average Bonchev–Trinajstić information content (AvgIpc) is 2.56. The van der Waals surface area contributed by atoms with Gasteiger partial charge < -0.3 is 0 Å². The molecule has 3 aliphatic rings. The highest BCUT2D eigenvalue weighted by Crippen LogP contribution is 2.12. The van der Waals surface area contributed by atoms with Crippen molar-refractivity contribution >= 4 is 18.3 Å². The number of nitrogens with zero attached hydrogens (tertiary/aromatic N) is 4. The quantitative estimate of drug-likeness (QED) is 0.510. The fourth-order valence-corrected chi connectivity index (χ4v) is 1.53. The number of nitrogens with one attached hydrogen (secondary N) is 1. The molecule has 0 saturated heterocycles. The molecule has 3 aliphatic heterocycles. The van der Waals surface area contributed by atoms with Gasteiger partial charge in [-0.3, -0.25) is 5.43 Å². The van der Waals surface area contributed by atoms with E-state index in [4.69, 9.17) is 0 Å². The third-order valence-corrected chi connectivity index (χ3v) is 2.13. The minimum Gasteiger partial charge on any atom is -0.275 e. The molecule has 0 fully saturated rings. The molecule has 3 heterocycles. The van der Waals surface area contributed by atoms with Gasteiger partial charge in [0, 0.05) is 6.08 Å². The summed E-state index contributed by atoms with van der Waals surface area (Å²) in [5.74, 6) is 0. The van der Waals surface area contributed by atoms with Crippen molar-refractivity contribution in [1.29, 1.82) is 0 Å². The summed E-state index contributed by atoms with van der Waals surface area (Å²) in [6.45, 7) is 0. The number of fused-ring (bicyclic) bond motifs is 3. The molecule has 0 aliphatic carbocycles. The van der Waals surface area contributed by atoms with E-state index < -0.39 is 0 Å². The Morgan fingerprint density at radius 2 is 2.46 bits per heavy atom. The lowest BCUT2D eigenvalue weighted by molar-refractivity contribution is -0.616. The Kier molecular flexibility index (Phi) is 1.16. The van der Waals surface area contributed by atoms with Crippen LogP contribution >= 0.6 is 0 Å². The van der Waals surface area contributed by atoms with Crippen molar-refractivity contribution in [3.05, 3.63) is 24.6 Å². The topological polar surface area (TPSA) is 43.0 Å². The van der Waals surface area contributed by atoms with Crippen LogP contribution in [-0.2, 0) is 0 Å². The van der Waals surface area contributed by atoms with E-state index in [1.807, 2.05) is 40.5 Å². The van der Waals surface area contributed by atoms with Crippen LogP contribution in [0.15, 0.2) is 34.6 Å². The minimum absolute atomic E-state index is 0.0474. The maximum absolute atomic E-state index is 4.17. The Labute approximate surface area is 75.0 Å². The zero-order valence-electron chi connectivity index (χ0n) is 6.83. The van der Waals surface area contributed by atoms with Gasteiger partial charge in [-0.15, -0.1) is 5.01 Å². The second-order valence-corrected chi connectivity index (χ2v) is 2.90. The number of hydrazine groups is 1. The van der Waals surface area contributed by atoms with Crippen molar-refractivity contribution < 1.29 is 4.68 Å². The fourth-order valence-electron chi connectivity index (χ4n) is 1.53. The Morgan fingerprint density at radius 3 is 3.46 bits per heavy atom. The molecule has 0 aromatic carbocycles. The van der Waals surface area contributed by atoms with E-state index in [1.54, 1.807) is 0 Å². The van der Waals surface area contributed by atoms with Crippen LogP contribution in [0.2, 0.25) is 0 Å². The van der Waals surface area contributed by atoms with Crippen molar-refractivity contribution in [3.63, 3.8) is 0 Å². The van der Waals surface area contributed by atoms with Gasteiger partial charge in [-0.05, 0) is 6.08 Å². The van der Waals surface area contributed by atoms with E-state index in [2.05, 4.69) is 15.5 Å². The lowest BCUT2D eigenvalue weighted by atomic mass is 10.3. The molecular formula is C8H8N5+. The smallest absolute Gasteiger partial charge is 0.225 e. The molecule has 0 aromatic heterocycles. The number of aliphatic imine (C=N–C) groups is 1. The van der Waals surface area contributed by atoms with Crippen LogP contribution in [0.25, 0.3) is 0 Å². The number of hydrazone groups is 2. The summed E-state index contributed by atoms with van der Waals surface area (Å²) in [5.41, 5.74) is 3.96. The van der Waals surface area contributed by atoms with E-state index in [0.29, 0.717) is 0 Å². The van der Waals surface area contributed by atoms with E-state index in [-0.39, 0.29) is 6.17 Å². The zero-order valence-corrected chi connectivity index (χ0v) is 6.83. The van der Waals surface area contributed by atoms with Crippen LogP contribution in [0.4, 0.5) is 0 Å². The second kappa shape index (κ2) is 2.29. The first-order valence-electron chi connectivity index (χ1n) is 4.06. The highest BCUT2D eigenvalue weighted by Gasteiger charge is 2.37. The van der Waals surface area contributed by atoms with Crippen molar-refractivity contribution in [1.82, 2.24) is 10.4 Å². The van der Waals surface area contributed by atoms with Crippen molar-refractivity contribution in [2.75, 3.05) is 0 Å². The molecule has 64 valence electrons. The SMILES string of the molecule is C1=CN2C3NN=CN=C3C=[N+]2C=C1. The van der Waals surface area contributed by atoms with E-state index in [1.165, 1.54) is 6.34 Å². The molecule has 0 bridgehead atoms. The number of hydrogen-bond donors (Lipinski definition) is 1. The fraction of sp³-hybridized carbons (Fsp3) is 0.125. The van der Waals surface area contributed by atoms with E-state index >= 15 is 0 Å². The van der Waals surface area contributed by atoms with Crippen LogP contribution in [0.3, 0.4) is 0 Å². The Morgan fingerprint density at radius 1 is 1.46 bits per heavy atom. The highest BCUT2D eigenvalue weighted by molar-refractivity contribution is 6.33. The lowest BCUT2D eigenvalue weighted by Gasteiger charge is -2.19. The van der Waals surface area contributed by atoms with Crippen LogP contribution in [0, 0.1) is 0 Å². The summed E-state index contributed by atoms with van der Waals surface area (Å²) in [5, 5.41) is 5.93. The molecule has 1 atom stereocenters. The molecule has 0 saturated carbocycles. The van der Waals surface area contributed by atoms with Gasteiger partial charge in [0.1, 0.15) is 6.34 Å². The predicted octanol–water partition coefficient (Wildman–Crippen LogP) is -0.345. The molecule has 5 nitrogen and oxygen atoms in total. The van der Waals surface area contributed by atoms with Crippen LogP contribution in [0.5, 0.6) is 0 Å². The molecule has 3 rings (SSSR count). The van der Waals surface area contributed by atoms with Crippen LogP contribution in [-0.4, -0.2) is 34.1 Å². The minimum atomic E-state index is 0.0474. The zero-order chi connectivity index (χ0) is 8.67. The van der Waals surface area contributed by atoms with Crippen molar-refractivity contribution in [3.8, 4) is 0 Å². The first-order chi connectivity index (χ1) is 6.45. The van der Waals surface area contributed by atoms with Crippen molar-refractivity contribution in [2.45, 2.75) is 6.17 Å². The van der Waals surface area contributed by atoms with Crippen molar-refractivity contribution in [2.24, 2.45) is 10.1 Å². The first-order valence-corrected chi connectivity index (χ1v) is 4.06. The van der Waals surface area contributed by atoms with E-state index in [9.17, 15) is 0 Å². The second-order valence-electron chi connectivity index (χ2n) is 2.90. The summed E-state index contributed by atoms with van der Waals surface area (Å²) in [6.07, 6.45) is 11.5. The van der Waals surface area contributed by atoms with Gasteiger partial charge >= 0.3 is 0 Å². The van der Waals surface area contributed by atoms with Gasteiger partial charge in [0.25, 0.3) is 0 Å². The highest BCUT2D eigenvalue weighted by atomic mass is 15.6. The molecule has 0 aromatic rings. The summed E-state index contributed by atoms with van der Waals surface area (Å²) in [7, 11) is 0. The lowest BCUT2D eigenvalue weighted by Crippen LogP contribution is -2.45. The van der Waals surface area contributed by atoms with Crippen LogP contribution < -0.4 is 5.43 Å². The molecule has 13 heavy (non-hydrogen) atoms. The predicted molar refractivity (Wildman–Crippen MR) is 49.3 cm³/mol. The average molecular weight is 174 g/mol. The molecule has 0 amide bonds. The van der Waals surface area contributed by atoms with Gasteiger partial charge in [0.05, 0.1) is 6.20 Å². The maximum atomic E-state index is 4.17. The van der Waals surface area contributed by atoms with E-state index in [0.717, 1.165) is 5.71 Å². The van der Waals surface area contributed by atoms with Gasteiger partial charge in [-0.2, -0.15) is 5.10 Å². The van der Waals surface area contributed by atoms with Crippen LogP contribution in [0.1, 0.15) is 0 Å². The van der Waals surface area contributed by atoms with Gasteiger partial charge in [0.15, 0.2) is 11.9 Å². The normalized spacial score (nSPS) is 27.7. The molecule has 5 heteroatoms. The molecule has 0 radical (unpaired) electrons. The number of allylic oxidation sites excluding steroid dienone is 2. The maximum Gasteiger partial charge on any atom is 0.225 e. The van der Waals surface area contributed by atoms with Gasteiger partial charge in [-0.1, -0.05) is 4.68 Å².